The van der Waals surface area contributed by atoms with Gasteiger partial charge in [0.1, 0.15) is 5.03 Å². The van der Waals surface area contributed by atoms with E-state index in [0.717, 1.165) is 20.8 Å². The van der Waals surface area contributed by atoms with E-state index in [-0.39, 0.29) is 0 Å². The summed E-state index contributed by atoms with van der Waals surface area (Å²) in [5, 5.41) is 2.60. The quantitative estimate of drug-likeness (QED) is 0.723. The van der Waals surface area contributed by atoms with Gasteiger partial charge >= 0.3 is 0 Å². The average molecular weight is 288 g/mol. The fourth-order valence-electron chi connectivity index (χ4n) is 1.76. The molecule has 0 unspecified atom stereocenters. The Morgan fingerprint density at radius 3 is 2.74 bits per heavy atom. The molecule has 2 aromatic heterocycles. The van der Waals surface area contributed by atoms with Crippen molar-refractivity contribution < 1.29 is 0 Å². The highest BCUT2D eigenvalue weighted by Gasteiger charge is 2.05. The third kappa shape index (κ3) is 2.64. The van der Waals surface area contributed by atoms with Gasteiger partial charge in [0.2, 0.25) is 0 Å². The summed E-state index contributed by atoms with van der Waals surface area (Å²) < 4.78 is 0. The Labute approximate surface area is 119 Å². The number of anilines is 1. The van der Waals surface area contributed by atoms with Gasteiger partial charge in [-0.05, 0) is 36.4 Å². The lowest BCUT2D eigenvalue weighted by atomic mass is 10.2. The molecular weight excluding hydrogens is 278 g/mol. The average Bonchev–Trinajstić information content (AvgIpc) is 2.41. The number of nitrogens with two attached hydrogens (primary N) is 1. The van der Waals surface area contributed by atoms with Crippen LogP contribution in [0.3, 0.4) is 0 Å². The zero-order valence-corrected chi connectivity index (χ0v) is 11.4. The van der Waals surface area contributed by atoms with Crippen LogP contribution in [0.1, 0.15) is 0 Å². The van der Waals surface area contributed by atoms with Crippen molar-refractivity contribution in [1.82, 2.24) is 9.97 Å². The van der Waals surface area contributed by atoms with Crippen LogP contribution in [0.25, 0.3) is 10.9 Å². The van der Waals surface area contributed by atoms with Crippen LogP contribution in [0.5, 0.6) is 0 Å². The normalized spacial score (nSPS) is 10.8. The van der Waals surface area contributed by atoms with E-state index in [1.54, 1.807) is 24.2 Å². The molecule has 0 bridgehead atoms. The Balaban J connectivity index is 2.03. The van der Waals surface area contributed by atoms with E-state index in [2.05, 4.69) is 9.97 Å². The lowest BCUT2D eigenvalue weighted by Crippen LogP contribution is -1.87. The van der Waals surface area contributed by atoms with Gasteiger partial charge < -0.3 is 5.73 Å². The molecule has 2 heterocycles. The number of benzene rings is 1. The number of fused-ring (bicyclic) bond motifs is 1. The molecule has 0 radical (unpaired) electrons. The molecule has 0 saturated heterocycles. The Bertz CT molecular complexity index is 728. The van der Waals surface area contributed by atoms with Crippen molar-refractivity contribution in [1.29, 1.82) is 0 Å². The fourth-order valence-corrected chi connectivity index (χ4v) is 2.75. The third-order valence-electron chi connectivity index (χ3n) is 2.64. The second-order valence-electron chi connectivity index (χ2n) is 4.00. The Morgan fingerprint density at radius 1 is 1.05 bits per heavy atom. The van der Waals surface area contributed by atoms with E-state index < -0.39 is 0 Å². The standard InChI is InChI=1S/C14H10ClN3S/c15-9-1-4-14(18-8-9)19-13-5-6-17-12-7-10(16)2-3-11(12)13/h1-8H,16H2. The molecule has 19 heavy (non-hydrogen) atoms. The number of pyridine rings is 2. The molecule has 3 nitrogen and oxygen atoms in total. The van der Waals surface area contributed by atoms with Crippen LogP contribution in [0, 0.1) is 0 Å². The third-order valence-corrected chi connectivity index (χ3v) is 3.89. The molecule has 0 atom stereocenters. The fraction of sp³-hybridized carbons (Fsp3) is 0. The van der Waals surface area contributed by atoms with E-state index in [0.29, 0.717) is 10.7 Å². The van der Waals surface area contributed by atoms with E-state index >= 15 is 0 Å². The summed E-state index contributed by atoms with van der Waals surface area (Å²) in [7, 11) is 0. The molecule has 5 heteroatoms. The summed E-state index contributed by atoms with van der Waals surface area (Å²) in [6, 6.07) is 11.4. The Hall–Kier alpha value is -1.78. The van der Waals surface area contributed by atoms with Crippen LogP contribution < -0.4 is 5.73 Å². The summed E-state index contributed by atoms with van der Waals surface area (Å²) in [4.78, 5) is 9.70. The van der Waals surface area contributed by atoms with E-state index in [1.807, 2.05) is 36.4 Å². The molecule has 2 N–H and O–H groups in total. The zero-order chi connectivity index (χ0) is 13.2. The second-order valence-corrected chi connectivity index (χ2v) is 5.50. The van der Waals surface area contributed by atoms with Gasteiger partial charge in [0.25, 0.3) is 0 Å². The molecule has 0 amide bonds. The zero-order valence-electron chi connectivity index (χ0n) is 9.88. The maximum absolute atomic E-state index is 5.83. The molecule has 0 saturated carbocycles. The van der Waals surface area contributed by atoms with Crippen LogP contribution in [-0.2, 0) is 0 Å². The molecule has 1 aromatic carbocycles. The monoisotopic (exact) mass is 287 g/mol. The van der Waals surface area contributed by atoms with E-state index in [4.69, 9.17) is 17.3 Å². The van der Waals surface area contributed by atoms with Crippen molar-refractivity contribution in [2.24, 2.45) is 0 Å². The smallest absolute Gasteiger partial charge is 0.101 e. The van der Waals surface area contributed by atoms with Gasteiger partial charge in [0, 0.05) is 28.4 Å². The predicted octanol–water partition coefficient (Wildman–Crippen LogP) is 4.02. The highest BCUT2D eigenvalue weighted by atomic mass is 35.5. The van der Waals surface area contributed by atoms with Gasteiger partial charge in [-0.25, -0.2) is 4.98 Å². The minimum absolute atomic E-state index is 0.636. The highest BCUT2D eigenvalue weighted by Crippen LogP contribution is 2.32. The lowest BCUT2D eigenvalue weighted by molar-refractivity contribution is 1.13. The maximum Gasteiger partial charge on any atom is 0.101 e. The van der Waals surface area contributed by atoms with Crippen molar-refractivity contribution in [2.45, 2.75) is 9.92 Å². The van der Waals surface area contributed by atoms with Gasteiger partial charge in [-0.1, -0.05) is 23.4 Å². The van der Waals surface area contributed by atoms with Crippen molar-refractivity contribution in [2.75, 3.05) is 5.73 Å². The molecule has 0 aliphatic rings. The van der Waals surface area contributed by atoms with Gasteiger partial charge in [0.05, 0.1) is 10.5 Å². The van der Waals surface area contributed by atoms with Crippen LogP contribution in [0.2, 0.25) is 5.02 Å². The Kier molecular flexibility index (Phi) is 3.27. The number of halogens is 1. The highest BCUT2D eigenvalue weighted by molar-refractivity contribution is 7.99. The molecular formula is C14H10ClN3S. The van der Waals surface area contributed by atoms with Crippen LogP contribution in [-0.4, -0.2) is 9.97 Å². The number of rotatable bonds is 2. The summed E-state index contributed by atoms with van der Waals surface area (Å²) >= 11 is 7.41. The number of aromatic nitrogens is 2. The molecule has 3 aromatic rings. The Morgan fingerprint density at radius 2 is 1.95 bits per heavy atom. The van der Waals surface area contributed by atoms with Crippen LogP contribution in [0.15, 0.2) is 58.7 Å². The summed E-state index contributed by atoms with van der Waals surface area (Å²) in [6.07, 6.45) is 3.42. The van der Waals surface area contributed by atoms with E-state index in [1.165, 1.54) is 0 Å². The van der Waals surface area contributed by atoms with Crippen molar-refractivity contribution in [3.63, 3.8) is 0 Å². The maximum atomic E-state index is 5.83. The number of nitrogens with zero attached hydrogens (tertiary/aromatic N) is 2. The van der Waals surface area contributed by atoms with Crippen molar-refractivity contribution in [3.8, 4) is 0 Å². The minimum Gasteiger partial charge on any atom is -0.399 e. The van der Waals surface area contributed by atoms with E-state index in [9.17, 15) is 0 Å². The van der Waals surface area contributed by atoms with Gasteiger partial charge in [-0.3, -0.25) is 4.98 Å². The first-order valence-corrected chi connectivity index (χ1v) is 6.85. The first-order chi connectivity index (χ1) is 9.22. The summed E-state index contributed by atoms with van der Waals surface area (Å²) in [6.45, 7) is 0. The molecule has 0 fully saturated rings. The van der Waals surface area contributed by atoms with Crippen molar-refractivity contribution >= 4 is 40.0 Å². The number of hydrogen-bond donors (Lipinski definition) is 1. The van der Waals surface area contributed by atoms with Crippen molar-refractivity contribution in [3.05, 3.63) is 53.8 Å². The minimum atomic E-state index is 0.636. The molecule has 0 aliphatic carbocycles. The van der Waals surface area contributed by atoms with Gasteiger partial charge in [0.15, 0.2) is 0 Å². The van der Waals surface area contributed by atoms with Crippen LogP contribution in [0.4, 0.5) is 5.69 Å². The first kappa shape index (κ1) is 12.3. The summed E-state index contributed by atoms with van der Waals surface area (Å²) in [5.74, 6) is 0. The van der Waals surface area contributed by atoms with Gasteiger partial charge in [-0.15, -0.1) is 0 Å². The number of nitrogen functional groups attached to an aromatic ring is 1. The summed E-state index contributed by atoms with van der Waals surface area (Å²) in [5.41, 5.74) is 7.37. The second kappa shape index (κ2) is 5.07. The topological polar surface area (TPSA) is 51.8 Å². The lowest BCUT2D eigenvalue weighted by Gasteiger charge is -2.05. The molecule has 0 spiro atoms. The predicted molar refractivity (Wildman–Crippen MR) is 79.5 cm³/mol. The van der Waals surface area contributed by atoms with Gasteiger partial charge in [-0.2, -0.15) is 0 Å². The molecule has 3 rings (SSSR count). The number of hydrogen-bond acceptors (Lipinski definition) is 4. The largest absolute Gasteiger partial charge is 0.399 e. The SMILES string of the molecule is Nc1ccc2c(Sc3ccc(Cl)cn3)ccnc2c1. The van der Waals surface area contributed by atoms with Crippen LogP contribution >= 0.6 is 23.4 Å². The molecule has 0 aliphatic heterocycles. The molecule has 94 valence electrons. The first-order valence-electron chi connectivity index (χ1n) is 5.66.